The molecule has 0 unspecified atom stereocenters. The summed E-state index contributed by atoms with van der Waals surface area (Å²) in [5.41, 5.74) is 3.10. The lowest BCUT2D eigenvalue weighted by atomic mass is 10.1. The Morgan fingerprint density at radius 1 is 1.09 bits per heavy atom. The largest absolute Gasteiger partial charge is 0.467 e. The van der Waals surface area contributed by atoms with Crippen LogP contribution in [0.25, 0.3) is 0 Å². The Kier molecular flexibility index (Phi) is 6.29. The number of rotatable bonds is 7. The van der Waals surface area contributed by atoms with Crippen molar-refractivity contribution in [2.75, 3.05) is 16.8 Å². The molecule has 1 aromatic heterocycles. The van der Waals surface area contributed by atoms with E-state index < -0.39 is 0 Å². The first-order valence-electron chi connectivity index (χ1n) is 7.28. The van der Waals surface area contributed by atoms with Crippen LogP contribution in [0.15, 0.2) is 41.0 Å². The Hall–Kier alpha value is -2.21. The molecule has 2 rings (SSSR count). The van der Waals surface area contributed by atoms with Crippen molar-refractivity contribution in [3.8, 4) is 0 Å². The molecule has 2 amide bonds. The van der Waals surface area contributed by atoms with E-state index in [1.807, 2.05) is 32.0 Å². The van der Waals surface area contributed by atoms with Crippen LogP contribution < -0.4 is 10.6 Å². The number of hydrogen-bond acceptors (Lipinski definition) is 4. The lowest BCUT2D eigenvalue weighted by molar-refractivity contribution is -0.118. The maximum Gasteiger partial charge on any atom is 0.234 e. The number of furan rings is 1. The molecule has 1 aromatic carbocycles. The topological polar surface area (TPSA) is 71.3 Å². The van der Waals surface area contributed by atoms with Crippen molar-refractivity contribution >= 4 is 29.3 Å². The lowest BCUT2D eigenvalue weighted by Crippen LogP contribution is -2.25. The molecule has 0 aliphatic carbocycles. The monoisotopic (exact) mass is 332 g/mol. The number of carbonyl (C=O) groups excluding carboxylic acids is 2. The van der Waals surface area contributed by atoms with Gasteiger partial charge < -0.3 is 15.1 Å². The molecule has 0 atom stereocenters. The van der Waals surface area contributed by atoms with E-state index in [2.05, 4.69) is 10.6 Å². The van der Waals surface area contributed by atoms with E-state index in [-0.39, 0.29) is 23.3 Å². The van der Waals surface area contributed by atoms with Gasteiger partial charge in [0.2, 0.25) is 11.8 Å². The highest BCUT2D eigenvalue weighted by Gasteiger charge is 2.07. The zero-order valence-electron chi connectivity index (χ0n) is 13.2. The van der Waals surface area contributed by atoms with Crippen LogP contribution in [-0.2, 0) is 16.1 Å². The second-order valence-corrected chi connectivity index (χ2v) is 6.18. The van der Waals surface area contributed by atoms with Crippen LogP contribution in [0.4, 0.5) is 5.69 Å². The van der Waals surface area contributed by atoms with Crippen LogP contribution >= 0.6 is 11.8 Å². The summed E-state index contributed by atoms with van der Waals surface area (Å²) in [5, 5.41) is 5.57. The fourth-order valence-corrected chi connectivity index (χ4v) is 2.55. The quantitative estimate of drug-likeness (QED) is 0.818. The first-order valence-corrected chi connectivity index (χ1v) is 8.44. The number of aryl methyl sites for hydroxylation is 2. The molecule has 0 saturated heterocycles. The normalized spacial score (nSPS) is 10.3. The van der Waals surface area contributed by atoms with Crippen molar-refractivity contribution in [2.24, 2.45) is 0 Å². The number of amides is 2. The Labute approximate surface area is 139 Å². The van der Waals surface area contributed by atoms with Crippen LogP contribution in [0, 0.1) is 13.8 Å². The van der Waals surface area contributed by atoms with Gasteiger partial charge in [-0.05, 0) is 49.2 Å². The standard InChI is InChI=1S/C17H20N2O3S/c1-12-5-6-14(8-13(12)2)19-17(21)11-23-10-16(20)18-9-15-4-3-7-22-15/h3-8H,9-11H2,1-2H3,(H,18,20)(H,19,21). The molecule has 2 N–H and O–H groups in total. The van der Waals surface area contributed by atoms with E-state index in [0.29, 0.717) is 12.3 Å². The fourth-order valence-electron chi connectivity index (χ4n) is 1.90. The van der Waals surface area contributed by atoms with Crippen LogP contribution in [0.1, 0.15) is 16.9 Å². The van der Waals surface area contributed by atoms with E-state index in [9.17, 15) is 9.59 Å². The predicted octanol–water partition coefficient (Wildman–Crippen LogP) is 2.88. The summed E-state index contributed by atoms with van der Waals surface area (Å²) in [6.45, 7) is 4.39. The average Bonchev–Trinajstić information content (AvgIpc) is 3.02. The molecule has 6 heteroatoms. The molecule has 0 fully saturated rings. The van der Waals surface area contributed by atoms with Gasteiger partial charge in [-0.25, -0.2) is 0 Å². The minimum atomic E-state index is -0.120. The highest BCUT2D eigenvalue weighted by molar-refractivity contribution is 8.00. The molecule has 23 heavy (non-hydrogen) atoms. The van der Waals surface area contributed by atoms with Gasteiger partial charge in [0.25, 0.3) is 0 Å². The molecule has 1 heterocycles. The van der Waals surface area contributed by atoms with Crippen molar-refractivity contribution in [3.63, 3.8) is 0 Å². The van der Waals surface area contributed by atoms with Gasteiger partial charge in [0.15, 0.2) is 0 Å². The second kappa shape index (κ2) is 8.43. The summed E-state index contributed by atoms with van der Waals surface area (Å²) in [7, 11) is 0. The SMILES string of the molecule is Cc1ccc(NC(=O)CSCC(=O)NCc2ccco2)cc1C. The Bertz CT molecular complexity index is 668. The van der Waals surface area contributed by atoms with Crippen LogP contribution in [0.3, 0.4) is 0 Å². The molecular weight excluding hydrogens is 312 g/mol. The Morgan fingerprint density at radius 3 is 2.57 bits per heavy atom. The van der Waals surface area contributed by atoms with Gasteiger partial charge >= 0.3 is 0 Å². The molecule has 0 spiro atoms. The first kappa shape index (κ1) is 17.1. The van der Waals surface area contributed by atoms with Crippen molar-refractivity contribution in [1.82, 2.24) is 5.32 Å². The number of carbonyl (C=O) groups is 2. The number of nitrogens with one attached hydrogen (secondary N) is 2. The summed E-state index contributed by atoms with van der Waals surface area (Å²) in [4.78, 5) is 23.5. The van der Waals surface area contributed by atoms with E-state index in [1.54, 1.807) is 18.4 Å². The third-order valence-electron chi connectivity index (χ3n) is 3.30. The average molecular weight is 332 g/mol. The predicted molar refractivity (Wildman–Crippen MR) is 92.4 cm³/mol. The third-order valence-corrected chi connectivity index (χ3v) is 4.23. The minimum Gasteiger partial charge on any atom is -0.467 e. The maximum absolute atomic E-state index is 11.9. The first-order chi connectivity index (χ1) is 11.0. The van der Waals surface area contributed by atoms with Crippen LogP contribution in [-0.4, -0.2) is 23.3 Å². The van der Waals surface area contributed by atoms with Gasteiger partial charge in [-0.3, -0.25) is 9.59 Å². The summed E-state index contributed by atoms with van der Waals surface area (Å²) < 4.78 is 5.13. The van der Waals surface area contributed by atoms with Gasteiger partial charge in [0.05, 0.1) is 24.3 Å². The van der Waals surface area contributed by atoms with Crippen molar-refractivity contribution in [3.05, 3.63) is 53.5 Å². The number of benzene rings is 1. The Morgan fingerprint density at radius 2 is 1.87 bits per heavy atom. The smallest absolute Gasteiger partial charge is 0.234 e. The number of anilines is 1. The van der Waals surface area contributed by atoms with E-state index >= 15 is 0 Å². The summed E-state index contributed by atoms with van der Waals surface area (Å²) in [6, 6.07) is 9.35. The summed E-state index contributed by atoms with van der Waals surface area (Å²) >= 11 is 1.28. The van der Waals surface area contributed by atoms with Crippen molar-refractivity contribution in [1.29, 1.82) is 0 Å². The Balaban J connectivity index is 1.65. The van der Waals surface area contributed by atoms with Gasteiger partial charge in [-0.1, -0.05) is 6.07 Å². The zero-order valence-corrected chi connectivity index (χ0v) is 14.0. The van der Waals surface area contributed by atoms with Crippen LogP contribution in [0.5, 0.6) is 0 Å². The molecule has 5 nitrogen and oxygen atoms in total. The van der Waals surface area contributed by atoms with Gasteiger partial charge in [0.1, 0.15) is 5.76 Å². The maximum atomic E-state index is 11.9. The molecule has 0 aliphatic heterocycles. The lowest BCUT2D eigenvalue weighted by Gasteiger charge is -2.07. The van der Waals surface area contributed by atoms with Gasteiger partial charge in [0, 0.05) is 5.69 Å². The van der Waals surface area contributed by atoms with Gasteiger partial charge in [-0.15, -0.1) is 11.8 Å². The molecule has 2 aromatic rings. The van der Waals surface area contributed by atoms with E-state index in [1.165, 1.54) is 17.3 Å². The van der Waals surface area contributed by atoms with E-state index in [0.717, 1.165) is 11.3 Å². The highest BCUT2D eigenvalue weighted by atomic mass is 32.2. The number of thioether (sulfide) groups is 1. The molecule has 0 bridgehead atoms. The number of hydrogen-bond donors (Lipinski definition) is 2. The zero-order chi connectivity index (χ0) is 16.7. The molecule has 122 valence electrons. The molecule has 0 aliphatic rings. The van der Waals surface area contributed by atoms with E-state index in [4.69, 9.17) is 4.42 Å². The fraction of sp³-hybridized carbons (Fsp3) is 0.294. The van der Waals surface area contributed by atoms with Crippen LogP contribution in [0.2, 0.25) is 0 Å². The third kappa shape index (κ3) is 5.83. The highest BCUT2D eigenvalue weighted by Crippen LogP contribution is 2.14. The minimum absolute atomic E-state index is 0.114. The summed E-state index contributed by atoms with van der Waals surface area (Å²) in [5.74, 6) is 0.945. The van der Waals surface area contributed by atoms with Crippen molar-refractivity contribution in [2.45, 2.75) is 20.4 Å². The second-order valence-electron chi connectivity index (χ2n) is 5.20. The molecular formula is C17H20N2O3S. The molecule has 0 radical (unpaired) electrons. The van der Waals surface area contributed by atoms with Gasteiger partial charge in [-0.2, -0.15) is 0 Å². The van der Waals surface area contributed by atoms with Crippen molar-refractivity contribution < 1.29 is 14.0 Å². The summed E-state index contributed by atoms with van der Waals surface area (Å²) in [6.07, 6.45) is 1.56. The molecule has 0 saturated carbocycles.